The highest BCUT2D eigenvalue weighted by molar-refractivity contribution is 5.95. The van der Waals surface area contributed by atoms with Crippen LogP contribution in [0.5, 0.6) is 5.88 Å². The minimum atomic E-state index is -4.60. The smallest absolute Gasteiger partial charge is 0.433 e. The standard InChI is InChI=1S/C11H13F3N2O2/c1-10(2,3)18-9-6(8(15)17)4-5-7(16-9)11(12,13)14/h4-5H,1-3H3,(H2,15,17). The maximum atomic E-state index is 12.5. The van der Waals surface area contributed by atoms with Gasteiger partial charge in [-0.2, -0.15) is 13.2 Å². The van der Waals surface area contributed by atoms with E-state index < -0.39 is 29.3 Å². The molecule has 0 atom stereocenters. The first kappa shape index (κ1) is 14.3. The number of nitrogens with zero attached hydrogens (tertiary/aromatic N) is 1. The van der Waals surface area contributed by atoms with Crippen molar-refractivity contribution in [1.82, 2.24) is 4.98 Å². The maximum absolute atomic E-state index is 12.5. The molecule has 1 rings (SSSR count). The summed E-state index contributed by atoms with van der Waals surface area (Å²) >= 11 is 0. The fraction of sp³-hybridized carbons (Fsp3) is 0.455. The number of amides is 1. The zero-order chi connectivity index (χ0) is 14.1. The summed E-state index contributed by atoms with van der Waals surface area (Å²) in [5.74, 6) is -1.31. The second kappa shape index (κ2) is 4.47. The third kappa shape index (κ3) is 3.61. The van der Waals surface area contributed by atoms with Crippen LogP contribution in [-0.2, 0) is 6.18 Å². The molecule has 1 aromatic heterocycles. The first-order chi connectivity index (χ1) is 8.00. The fourth-order valence-corrected chi connectivity index (χ4v) is 1.15. The second-order valence-electron chi connectivity index (χ2n) is 4.63. The van der Waals surface area contributed by atoms with Gasteiger partial charge in [-0.05, 0) is 32.9 Å². The van der Waals surface area contributed by atoms with Gasteiger partial charge in [0.05, 0.1) is 0 Å². The van der Waals surface area contributed by atoms with Crippen LogP contribution in [0.1, 0.15) is 36.8 Å². The molecule has 0 aliphatic carbocycles. The van der Waals surface area contributed by atoms with Crippen LogP contribution < -0.4 is 10.5 Å². The van der Waals surface area contributed by atoms with Crippen molar-refractivity contribution in [3.63, 3.8) is 0 Å². The molecule has 0 aliphatic rings. The Morgan fingerprint density at radius 2 is 1.83 bits per heavy atom. The first-order valence-electron chi connectivity index (χ1n) is 5.08. The van der Waals surface area contributed by atoms with Gasteiger partial charge >= 0.3 is 6.18 Å². The number of hydrogen-bond acceptors (Lipinski definition) is 3. The van der Waals surface area contributed by atoms with Gasteiger partial charge in [-0.3, -0.25) is 4.79 Å². The predicted octanol–water partition coefficient (Wildman–Crippen LogP) is 2.38. The highest BCUT2D eigenvalue weighted by atomic mass is 19.4. The Hall–Kier alpha value is -1.79. The van der Waals surface area contributed by atoms with Gasteiger partial charge < -0.3 is 10.5 Å². The van der Waals surface area contributed by atoms with Crippen molar-refractivity contribution >= 4 is 5.91 Å². The molecule has 100 valence electrons. The van der Waals surface area contributed by atoms with Gasteiger partial charge in [0.1, 0.15) is 16.9 Å². The zero-order valence-electron chi connectivity index (χ0n) is 10.1. The van der Waals surface area contributed by atoms with E-state index in [1.54, 1.807) is 20.8 Å². The lowest BCUT2D eigenvalue weighted by atomic mass is 10.2. The number of rotatable bonds is 2. The number of hydrogen-bond donors (Lipinski definition) is 1. The van der Waals surface area contributed by atoms with E-state index in [0.29, 0.717) is 6.07 Å². The topological polar surface area (TPSA) is 65.2 Å². The summed E-state index contributed by atoms with van der Waals surface area (Å²) in [6.07, 6.45) is -4.60. The highest BCUT2D eigenvalue weighted by Gasteiger charge is 2.34. The summed E-state index contributed by atoms with van der Waals surface area (Å²) in [4.78, 5) is 14.4. The molecule has 0 saturated heterocycles. The van der Waals surface area contributed by atoms with Crippen LogP contribution in [0.3, 0.4) is 0 Å². The number of alkyl halides is 3. The van der Waals surface area contributed by atoms with Crippen molar-refractivity contribution in [1.29, 1.82) is 0 Å². The van der Waals surface area contributed by atoms with Gasteiger partial charge in [-0.1, -0.05) is 0 Å². The molecule has 0 unspecified atom stereocenters. The second-order valence-corrected chi connectivity index (χ2v) is 4.63. The largest absolute Gasteiger partial charge is 0.471 e. The van der Waals surface area contributed by atoms with E-state index in [4.69, 9.17) is 10.5 Å². The van der Waals surface area contributed by atoms with Crippen LogP contribution in [0.25, 0.3) is 0 Å². The van der Waals surface area contributed by atoms with Gasteiger partial charge in [0.25, 0.3) is 5.91 Å². The minimum Gasteiger partial charge on any atom is -0.471 e. The van der Waals surface area contributed by atoms with E-state index >= 15 is 0 Å². The number of ether oxygens (including phenoxy) is 1. The van der Waals surface area contributed by atoms with Crippen molar-refractivity contribution < 1.29 is 22.7 Å². The summed E-state index contributed by atoms with van der Waals surface area (Å²) in [6.45, 7) is 4.87. The molecule has 1 heterocycles. The molecule has 4 nitrogen and oxygen atoms in total. The van der Waals surface area contributed by atoms with E-state index in [0.717, 1.165) is 6.07 Å². The Labute approximate surface area is 102 Å². The van der Waals surface area contributed by atoms with Crippen molar-refractivity contribution in [2.75, 3.05) is 0 Å². The zero-order valence-corrected chi connectivity index (χ0v) is 10.1. The van der Waals surface area contributed by atoms with Crippen molar-refractivity contribution in [3.05, 3.63) is 23.4 Å². The molecule has 18 heavy (non-hydrogen) atoms. The highest BCUT2D eigenvalue weighted by Crippen LogP contribution is 2.31. The SMILES string of the molecule is CC(C)(C)Oc1nc(C(F)(F)F)ccc1C(N)=O. The van der Waals surface area contributed by atoms with E-state index in [1.807, 2.05) is 0 Å². The number of halogens is 3. The molecule has 0 radical (unpaired) electrons. The van der Waals surface area contributed by atoms with Crippen LogP contribution in [0.2, 0.25) is 0 Å². The lowest BCUT2D eigenvalue weighted by Gasteiger charge is -2.22. The summed E-state index contributed by atoms with van der Waals surface area (Å²) in [5.41, 5.74) is 2.95. The Balaban J connectivity index is 3.29. The summed E-state index contributed by atoms with van der Waals surface area (Å²) < 4.78 is 42.7. The molecule has 0 fully saturated rings. The molecule has 0 aliphatic heterocycles. The molecular weight excluding hydrogens is 249 g/mol. The number of carbonyl (C=O) groups excluding carboxylic acids is 1. The van der Waals surface area contributed by atoms with Crippen LogP contribution >= 0.6 is 0 Å². The average molecular weight is 262 g/mol. The lowest BCUT2D eigenvalue weighted by Crippen LogP contribution is -2.26. The Morgan fingerprint density at radius 1 is 1.28 bits per heavy atom. The normalized spacial score (nSPS) is 12.3. The van der Waals surface area contributed by atoms with Crippen LogP contribution in [0.15, 0.2) is 12.1 Å². The van der Waals surface area contributed by atoms with E-state index in [2.05, 4.69) is 4.98 Å². The van der Waals surface area contributed by atoms with Gasteiger partial charge in [0.2, 0.25) is 5.88 Å². The summed E-state index contributed by atoms with van der Waals surface area (Å²) in [7, 11) is 0. The van der Waals surface area contributed by atoms with E-state index in [9.17, 15) is 18.0 Å². The maximum Gasteiger partial charge on any atom is 0.433 e. The third-order valence-corrected chi connectivity index (χ3v) is 1.82. The van der Waals surface area contributed by atoms with E-state index in [1.165, 1.54) is 0 Å². The average Bonchev–Trinajstić information content (AvgIpc) is 2.12. The Bertz CT molecular complexity index is 464. The van der Waals surface area contributed by atoms with Crippen LogP contribution in [0.4, 0.5) is 13.2 Å². The minimum absolute atomic E-state index is 0.182. The molecule has 0 spiro atoms. The monoisotopic (exact) mass is 262 g/mol. The summed E-state index contributed by atoms with van der Waals surface area (Å²) in [6, 6.07) is 1.65. The lowest BCUT2D eigenvalue weighted by molar-refractivity contribution is -0.141. The molecule has 1 aromatic rings. The number of nitrogens with two attached hydrogens (primary N) is 1. The molecule has 0 bridgehead atoms. The number of pyridine rings is 1. The number of aromatic nitrogens is 1. The van der Waals surface area contributed by atoms with Crippen molar-refractivity contribution in [3.8, 4) is 5.88 Å². The van der Waals surface area contributed by atoms with Gasteiger partial charge in [0.15, 0.2) is 0 Å². The number of carbonyl (C=O) groups is 1. The molecule has 0 saturated carbocycles. The Morgan fingerprint density at radius 3 is 2.22 bits per heavy atom. The van der Waals surface area contributed by atoms with Crippen molar-refractivity contribution in [2.45, 2.75) is 32.5 Å². The molecule has 7 heteroatoms. The van der Waals surface area contributed by atoms with Crippen LogP contribution in [-0.4, -0.2) is 16.5 Å². The van der Waals surface area contributed by atoms with E-state index in [-0.39, 0.29) is 5.56 Å². The summed E-state index contributed by atoms with van der Waals surface area (Å²) in [5, 5.41) is 0. The van der Waals surface area contributed by atoms with Crippen LogP contribution in [0, 0.1) is 0 Å². The molecule has 1 amide bonds. The fourth-order valence-electron chi connectivity index (χ4n) is 1.15. The molecule has 2 N–H and O–H groups in total. The molecular formula is C11H13F3N2O2. The van der Waals surface area contributed by atoms with Gasteiger partial charge in [-0.25, -0.2) is 4.98 Å². The Kier molecular flexibility index (Phi) is 3.54. The predicted molar refractivity (Wildman–Crippen MR) is 58.1 cm³/mol. The first-order valence-corrected chi connectivity index (χ1v) is 5.08. The van der Waals surface area contributed by atoms with Crippen molar-refractivity contribution in [2.24, 2.45) is 5.73 Å². The number of primary amides is 1. The third-order valence-electron chi connectivity index (χ3n) is 1.82. The quantitative estimate of drug-likeness (QED) is 0.889. The van der Waals surface area contributed by atoms with Gasteiger partial charge in [0, 0.05) is 0 Å². The molecule has 0 aromatic carbocycles. The van der Waals surface area contributed by atoms with Gasteiger partial charge in [-0.15, -0.1) is 0 Å².